The molecule has 0 unspecified atom stereocenters. The van der Waals surface area contributed by atoms with Crippen LogP contribution < -0.4 is 16.0 Å². The van der Waals surface area contributed by atoms with E-state index >= 15 is 0 Å². The molecule has 0 saturated carbocycles. The van der Waals surface area contributed by atoms with Crippen molar-refractivity contribution in [3.8, 4) is 5.82 Å². The predicted octanol–water partition coefficient (Wildman–Crippen LogP) is 2.76. The van der Waals surface area contributed by atoms with Gasteiger partial charge in [0.1, 0.15) is 5.69 Å². The molecule has 2 aromatic heterocycles. The van der Waals surface area contributed by atoms with Gasteiger partial charge in [-0.05, 0) is 25.0 Å². The Morgan fingerprint density at radius 3 is 2.47 bits per heavy atom. The van der Waals surface area contributed by atoms with Gasteiger partial charge >= 0.3 is 0 Å². The Morgan fingerprint density at radius 1 is 1.00 bits per heavy atom. The van der Waals surface area contributed by atoms with Crippen LogP contribution in [-0.2, 0) is 9.47 Å². The molecule has 4 heterocycles. The second-order valence-corrected chi connectivity index (χ2v) is 7.83. The third kappa shape index (κ3) is 3.93. The average Bonchev–Trinajstić information content (AvgIpc) is 3.21. The van der Waals surface area contributed by atoms with Crippen molar-refractivity contribution in [2.45, 2.75) is 25.3 Å². The lowest BCUT2D eigenvalue weighted by Crippen LogP contribution is -2.38. The maximum absolute atomic E-state index is 14.0. The van der Waals surface area contributed by atoms with Crippen LogP contribution in [0.2, 0.25) is 0 Å². The van der Waals surface area contributed by atoms with Gasteiger partial charge in [-0.2, -0.15) is 9.97 Å². The maximum atomic E-state index is 14.0. The van der Waals surface area contributed by atoms with Crippen LogP contribution in [0, 0.1) is 0 Å². The lowest BCUT2D eigenvalue weighted by Gasteiger charge is -2.29. The Kier molecular flexibility index (Phi) is 5.75. The molecule has 0 aliphatic carbocycles. The summed E-state index contributed by atoms with van der Waals surface area (Å²) in [6.45, 7) is 3.59. The SMILES string of the molecule is Nc1c(NC2CCOCC2)nc(N2CCOCC2)nc1-n1c(C(F)F)nc2ccccc21. The zero-order valence-corrected chi connectivity index (χ0v) is 17.5. The summed E-state index contributed by atoms with van der Waals surface area (Å²) in [7, 11) is 0. The lowest BCUT2D eigenvalue weighted by molar-refractivity contribution is 0.0904. The van der Waals surface area contributed by atoms with Crippen LogP contribution in [0.15, 0.2) is 24.3 Å². The van der Waals surface area contributed by atoms with Crippen molar-refractivity contribution in [2.24, 2.45) is 0 Å². The fraction of sp³-hybridized carbons (Fsp3) is 0.476. The van der Waals surface area contributed by atoms with Crippen molar-refractivity contribution in [2.75, 3.05) is 55.5 Å². The van der Waals surface area contributed by atoms with Gasteiger partial charge in [0.25, 0.3) is 6.43 Å². The Morgan fingerprint density at radius 2 is 1.72 bits per heavy atom. The number of imidazole rings is 1. The molecule has 32 heavy (non-hydrogen) atoms. The van der Waals surface area contributed by atoms with Crippen LogP contribution in [0.25, 0.3) is 16.9 Å². The fourth-order valence-corrected chi connectivity index (χ4v) is 4.08. The van der Waals surface area contributed by atoms with Crippen molar-refractivity contribution < 1.29 is 18.3 Å². The first-order chi connectivity index (χ1) is 15.6. The first-order valence-electron chi connectivity index (χ1n) is 10.7. The van der Waals surface area contributed by atoms with Gasteiger partial charge in [0.05, 0.1) is 24.2 Å². The van der Waals surface area contributed by atoms with Gasteiger partial charge in [0.2, 0.25) is 5.95 Å². The molecule has 11 heteroatoms. The first kappa shape index (κ1) is 20.8. The van der Waals surface area contributed by atoms with Crippen LogP contribution in [0.4, 0.5) is 26.2 Å². The van der Waals surface area contributed by atoms with E-state index in [1.807, 2.05) is 4.90 Å². The number of morpholine rings is 1. The quantitative estimate of drug-likeness (QED) is 0.618. The van der Waals surface area contributed by atoms with E-state index in [1.165, 1.54) is 4.57 Å². The molecule has 2 fully saturated rings. The minimum Gasteiger partial charge on any atom is -0.393 e. The molecule has 0 spiro atoms. The normalized spacial score (nSPS) is 17.9. The summed E-state index contributed by atoms with van der Waals surface area (Å²) >= 11 is 0. The Bertz CT molecular complexity index is 1100. The van der Waals surface area contributed by atoms with Crippen LogP contribution >= 0.6 is 0 Å². The number of aromatic nitrogens is 4. The number of nitrogens with two attached hydrogens (primary N) is 1. The first-order valence-corrected chi connectivity index (χ1v) is 10.7. The number of benzene rings is 1. The number of alkyl halides is 2. The third-order valence-electron chi connectivity index (χ3n) is 5.76. The van der Waals surface area contributed by atoms with E-state index in [4.69, 9.17) is 15.2 Å². The number of ether oxygens (including phenoxy) is 2. The van der Waals surface area contributed by atoms with Gasteiger partial charge in [-0.15, -0.1) is 0 Å². The highest BCUT2D eigenvalue weighted by Crippen LogP contribution is 2.34. The minimum atomic E-state index is -2.80. The van der Waals surface area contributed by atoms with Crippen LogP contribution in [0.3, 0.4) is 0 Å². The number of fused-ring (bicyclic) bond motifs is 1. The molecular formula is C21H25F2N7O2. The number of halogens is 2. The highest BCUT2D eigenvalue weighted by Gasteiger charge is 2.27. The van der Waals surface area contributed by atoms with E-state index in [1.54, 1.807) is 24.3 Å². The predicted molar refractivity (Wildman–Crippen MR) is 117 cm³/mol. The minimum absolute atomic E-state index is 0.125. The second kappa shape index (κ2) is 8.83. The summed E-state index contributed by atoms with van der Waals surface area (Å²) in [5.41, 5.74) is 7.67. The number of anilines is 3. The van der Waals surface area contributed by atoms with E-state index in [-0.39, 0.29) is 17.5 Å². The van der Waals surface area contributed by atoms with Crippen LogP contribution in [0.5, 0.6) is 0 Å². The molecule has 2 saturated heterocycles. The van der Waals surface area contributed by atoms with Crippen molar-refractivity contribution in [3.63, 3.8) is 0 Å². The average molecular weight is 445 g/mol. The summed E-state index contributed by atoms with van der Waals surface area (Å²) in [6.07, 6.45) is -1.18. The zero-order valence-electron chi connectivity index (χ0n) is 17.5. The summed E-state index contributed by atoms with van der Waals surface area (Å²) in [6, 6.07) is 7.09. The number of rotatable bonds is 5. The number of hydrogen-bond acceptors (Lipinski definition) is 8. The molecule has 5 rings (SSSR count). The molecule has 9 nitrogen and oxygen atoms in total. The molecule has 0 amide bonds. The van der Waals surface area contributed by atoms with Crippen molar-refractivity contribution in [3.05, 3.63) is 30.1 Å². The summed E-state index contributed by atoms with van der Waals surface area (Å²) in [5, 5.41) is 3.39. The lowest BCUT2D eigenvalue weighted by atomic mass is 10.1. The number of nitrogens with one attached hydrogen (secondary N) is 1. The molecule has 2 aliphatic heterocycles. The standard InChI is InChI=1S/C21H25F2N7O2/c22-17(23)20-26-14-3-1-2-4-15(14)30(20)19-16(24)18(25-13-5-9-31-10-6-13)27-21(28-19)29-7-11-32-12-8-29/h1-4,13,17H,5-12,24H2,(H,25,27,28). The van der Waals surface area contributed by atoms with E-state index in [9.17, 15) is 8.78 Å². The second-order valence-electron chi connectivity index (χ2n) is 7.83. The molecule has 0 bridgehead atoms. The van der Waals surface area contributed by atoms with Gasteiger partial charge in [-0.25, -0.2) is 13.8 Å². The van der Waals surface area contributed by atoms with Gasteiger partial charge in [0.15, 0.2) is 17.5 Å². The largest absolute Gasteiger partial charge is 0.393 e. The summed E-state index contributed by atoms with van der Waals surface area (Å²) in [5.74, 6) is 0.646. The Hall–Kier alpha value is -3.05. The smallest absolute Gasteiger partial charge is 0.296 e. The number of nitrogens with zero attached hydrogens (tertiary/aromatic N) is 5. The molecule has 0 atom stereocenters. The Balaban J connectivity index is 1.66. The van der Waals surface area contributed by atoms with Crippen LogP contribution in [-0.4, -0.2) is 65.1 Å². The van der Waals surface area contributed by atoms with E-state index in [2.05, 4.69) is 20.3 Å². The van der Waals surface area contributed by atoms with Crippen LogP contribution in [0.1, 0.15) is 25.1 Å². The summed E-state index contributed by atoms with van der Waals surface area (Å²) < 4.78 is 40.2. The molecule has 2 aliphatic rings. The topological polar surface area (TPSA) is 103 Å². The third-order valence-corrected chi connectivity index (χ3v) is 5.76. The number of nitrogen functional groups attached to an aromatic ring is 1. The van der Waals surface area contributed by atoms with Gasteiger partial charge < -0.3 is 25.4 Å². The maximum Gasteiger partial charge on any atom is 0.296 e. The molecule has 3 aromatic rings. The highest BCUT2D eigenvalue weighted by atomic mass is 19.3. The fourth-order valence-electron chi connectivity index (χ4n) is 4.08. The molecule has 170 valence electrons. The van der Waals surface area contributed by atoms with E-state index < -0.39 is 12.2 Å². The highest BCUT2D eigenvalue weighted by molar-refractivity contribution is 5.82. The summed E-state index contributed by atoms with van der Waals surface area (Å²) in [4.78, 5) is 15.4. The van der Waals surface area contributed by atoms with Crippen molar-refractivity contribution in [1.82, 2.24) is 19.5 Å². The van der Waals surface area contributed by atoms with Crippen molar-refractivity contribution in [1.29, 1.82) is 0 Å². The van der Waals surface area contributed by atoms with E-state index in [0.29, 0.717) is 62.3 Å². The number of para-hydroxylation sites is 2. The number of hydrogen-bond donors (Lipinski definition) is 2. The molecule has 1 aromatic carbocycles. The Labute approximate surface area is 183 Å². The molecular weight excluding hydrogens is 420 g/mol. The van der Waals surface area contributed by atoms with Gasteiger partial charge in [-0.3, -0.25) is 4.57 Å². The van der Waals surface area contributed by atoms with Crippen molar-refractivity contribution >= 4 is 28.5 Å². The molecule has 0 radical (unpaired) electrons. The van der Waals surface area contributed by atoms with Gasteiger partial charge in [-0.1, -0.05) is 12.1 Å². The van der Waals surface area contributed by atoms with E-state index in [0.717, 1.165) is 12.8 Å². The zero-order chi connectivity index (χ0) is 22.1. The van der Waals surface area contributed by atoms with Gasteiger partial charge in [0, 0.05) is 32.3 Å². The molecule has 3 N–H and O–H groups in total. The monoisotopic (exact) mass is 445 g/mol.